The molecule has 2 aromatic rings. The standard InChI is InChI=1S/C21H31FN6O2/c1-16-25-20(26-28(16)23)24-15-17-7-11-27(12-8-17)10-2-9-21(29-13-14-30-21)18-3-5-19(22)6-4-18/h3-6,17H,2,7-15,23H2,1H3,(H,24,26). The van der Waals surface area contributed by atoms with E-state index in [2.05, 4.69) is 20.3 Å². The van der Waals surface area contributed by atoms with Gasteiger partial charge in [-0.3, -0.25) is 0 Å². The smallest absolute Gasteiger partial charge is 0.244 e. The van der Waals surface area contributed by atoms with Crippen LogP contribution in [0.1, 0.15) is 37.1 Å². The second-order valence-electron chi connectivity index (χ2n) is 8.15. The molecule has 0 atom stereocenters. The molecule has 1 aromatic carbocycles. The normalized spacial score (nSPS) is 19.9. The molecule has 0 unspecified atom stereocenters. The molecule has 0 amide bonds. The van der Waals surface area contributed by atoms with Crippen LogP contribution < -0.4 is 11.2 Å². The lowest BCUT2D eigenvalue weighted by molar-refractivity contribution is -0.172. The number of hydrogen-bond acceptors (Lipinski definition) is 7. The number of likely N-dealkylation sites (tertiary alicyclic amines) is 1. The Hall–Kier alpha value is -2.23. The Kier molecular flexibility index (Phi) is 6.50. The summed E-state index contributed by atoms with van der Waals surface area (Å²) in [6.07, 6.45) is 4.03. The van der Waals surface area contributed by atoms with Gasteiger partial charge in [-0.1, -0.05) is 12.1 Å². The summed E-state index contributed by atoms with van der Waals surface area (Å²) in [4.78, 5) is 8.08. The molecule has 2 saturated heterocycles. The Labute approximate surface area is 176 Å². The molecule has 164 valence electrons. The molecule has 8 nitrogen and oxygen atoms in total. The molecule has 9 heteroatoms. The van der Waals surface area contributed by atoms with Crippen molar-refractivity contribution in [3.63, 3.8) is 0 Å². The average Bonchev–Trinajstić information content (AvgIpc) is 3.35. The lowest BCUT2D eigenvalue weighted by Gasteiger charge is -2.33. The van der Waals surface area contributed by atoms with Gasteiger partial charge in [-0.15, -0.1) is 5.10 Å². The molecule has 3 heterocycles. The second kappa shape index (κ2) is 9.28. The van der Waals surface area contributed by atoms with Crippen LogP contribution in [0.15, 0.2) is 24.3 Å². The van der Waals surface area contributed by atoms with Crippen LogP contribution in [-0.2, 0) is 15.3 Å². The van der Waals surface area contributed by atoms with E-state index in [1.54, 1.807) is 12.1 Å². The van der Waals surface area contributed by atoms with Crippen LogP contribution >= 0.6 is 0 Å². The van der Waals surface area contributed by atoms with Gasteiger partial charge >= 0.3 is 0 Å². The van der Waals surface area contributed by atoms with Crippen LogP contribution in [0.5, 0.6) is 0 Å². The van der Waals surface area contributed by atoms with E-state index in [0.717, 1.165) is 57.4 Å². The highest BCUT2D eigenvalue weighted by atomic mass is 19.1. The van der Waals surface area contributed by atoms with Crippen molar-refractivity contribution in [3.05, 3.63) is 41.5 Å². The minimum atomic E-state index is -0.729. The number of benzene rings is 1. The monoisotopic (exact) mass is 418 g/mol. The number of nitrogen functional groups attached to an aromatic ring is 1. The summed E-state index contributed by atoms with van der Waals surface area (Å²) in [5, 5.41) is 7.44. The Bertz CT molecular complexity index is 794. The maximum atomic E-state index is 13.3. The van der Waals surface area contributed by atoms with Gasteiger partial charge in [0.15, 0.2) is 5.79 Å². The highest BCUT2D eigenvalue weighted by Crippen LogP contribution is 2.36. The first-order valence-electron chi connectivity index (χ1n) is 10.7. The number of aryl methyl sites for hydroxylation is 1. The SMILES string of the molecule is Cc1nc(NCC2CCN(CCCC3(c4ccc(F)cc4)OCCO3)CC2)nn1N. The Balaban J connectivity index is 1.20. The fraction of sp³-hybridized carbons (Fsp3) is 0.619. The first kappa shape index (κ1) is 21.0. The van der Waals surface area contributed by atoms with Gasteiger partial charge in [0.1, 0.15) is 11.6 Å². The molecular formula is C21H31FN6O2. The number of aromatic nitrogens is 3. The van der Waals surface area contributed by atoms with Gasteiger partial charge in [0.25, 0.3) is 0 Å². The maximum Gasteiger partial charge on any atom is 0.244 e. The summed E-state index contributed by atoms with van der Waals surface area (Å²) in [7, 11) is 0. The minimum Gasteiger partial charge on any atom is -0.353 e. The number of nitrogens with one attached hydrogen (secondary N) is 1. The molecule has 2 aliphatic rings. The van der Waals surface area contributed by atoms with Gasteiger partial charge in [-0.25, -0.2) is 4.39 Å². The first-order chi connectivity index (χ1) is 14.5. The van der Waals surface area contributed by atoms with E-state index in [4.69, 9.17) is 15.3 Å². The van der Waals surface area contributed by atoms with E-state index < -0.39 is 5.79 Å². The van der Waals surface area contributed by atoms with Gasteiger partial charge in [0.05, 0.1) is 13.2 Å². The first-order valence-corrected chi connectivity index (χ1v) is 10.7. The van der Waals surface area contributed by atoms with Crippen molar-refractivity contribution >= 4 is 5.95 Å². The highest BCUT2D eigenvalue weighted by Gasteiger charge is 2.38. The van der Waals surface area contributed by atoms with Crippen molar-refractivity contribution < 1.29 is 13.9 Å². The molecule has 2 aliphatic heterocycles. The van der Waals surface area contributed by atoms with Gasteiger partial charge in [0.2, 0.25) is 5.95 Å². The van der Waals surface area contributed by atoms with Gasteiger partial charge in [-0.05, 0) is 63.9 Å². The zero-order valence-corrected chi connectivity index (χ0v) is 17.5. The lowest BCUT2D eigenvalue weighted by atomic mass is 9.96. The van der Waals surface area contributed by atoms with Gasteiger partial charge in [-0.2, -0.15) is 9.77 Å². The number of ether oxygens (including phenoxy) is 2. The van der Waals surface area contributed by atoms with Crippen LogP contribution in [0.25, 0.3) is 0 Å². The summed E-state index contributed by atoms with van der Waals surface area (Å²) in [5.74, 6) is 6.60. The zero-order chi connectivity index (χ0) is 21.0. The van der Waals surface area contributed by atoms with E-state index in [9.17, 15) is 4.39 Å². The van der Waals surface area contributed by atoms with Crippen LogP contribution in [0.4, 0.5) is 10.3 Å². The molecule has 3 N–H and O–H groups in total. The third kappa shape index (κ3) is 4.91. The molecule has 0 bridgehead atoms. The number of piperidine rings is 1. The van der Waals surface area contributed by atoms with E-state index in [1.807, 2.05) is 6.92 Å². The topological polar surface area (TPSA) is 90.5 Å². The predicted octanol–water partition coefficient (Wildman–Crippen LogP) is 2.24. The number of nitrogens with zero attached hydrogens (tertiary/aromatic N) is 4. The summed E-state index contributed by atoms with van der Waals surface area (Å²) in [6.45, 7) is 7.02. The molecule has 4 rings (SSSR count). The molecule has 1 aromatic heterocycles. The number of rotatable bonds is 8. The van der Waals surface area contributed by atoms with Gasteiger partial charge < -0.3 is 25.5 Å². The number of hydrogen-bond donors (Lipinski definition) is 2. The van der Waals surface area contributed by atoms with Gasteiger partial charge in [0, 0.05) is 18.5 Å². The highest BCUT2D eigenvalue weighted by molar-refractivity contribution is 5.23. The van der Waals surface area contributed by atoms with Crippen molar-refractivity contribution in [2.75, 3.05) is 50.6 Å². The quantitative estimate of drug-likeness (QED) is 0.636. The third-order valence-electron chi connectivity index (χ3n) is 6.08. The van der Waals surface area contributed by atoms with Crippen LogP contribution in [-0.4, -0.2) is 59.2 Å². The van der Waals surface area contributed by atoms with Crippen molar-refractivity contribution in [1.82, 2.24) is 19.8 Å². The molecule has 0 spiro atoms. The summed E-state index contributed by atoms with van der Waals surface area (Å²) >= 11 is 0. The third-order valence-corrected chi connectivity index (χ3v) is 6.08. The van der Waals surface area contributed by atoms with Crippen molar-refractivity contribution in [2.45, 2.75) is 38.4 Å². The van der Waals surface area contributed by atoms with E-state index in [-0.39, 0.29) is 5.82 Å². The zero-order valence-electron chi connectivity index (χ0n) is 17.5. The molecule has 0 saturated carbocycles. The molecule has 30 heavy (non-hydrogen) atoms. The van der Waals surface area contributed by atoms with Crippen LogP contribution in [0.2, 0.25) is 0 Å². The maximum absolute atomic E-state index is 13.3. The molecular weight excluding hydrogens is 387 g/mol. The average molecular weight is 419 g/mol. The Morgan fingerprint density at radius 3 is 2.53 bits per heavy atom. The molecule has 0 aliphatic carbocycles. The molecule has 0 radical (unpaired) electrons. The van der Waals surface area contributed by atoms with Crippen molar-refractivity contribution in [1.29, 1.82) is 0 Å². The number of halogens is 1. The Morgan fingerprint density at radius 2 is 1.90 bits per heavy atom. The summed E-state index contributed by atoms with van der Waals surface area (Å²) in [6, 6.07) is 6.47. The van der Waals surface area contributed by atoms with E-state index in [1.165, 1.54) is 16.9 Å². The fourth-order valence-corrected chi connectivity index (χ4v) is 4.28. The van der Waals surface area contributed by atoms with E-state index in [0.29, 0.717) is 30.9 Å². The summed E-state index contributed by atoms with van der Waals surface area (Å²) in [5.41, 5.74) is 0.898. The van der Waals surface area contributed by atoms with Crippen LogP contribution in [0.3, 0.4) is 0 Å². The largest absolute Gasteiger partial charge is 0.353 e. The fourth-order valence-electron chi connectivity index (χ4n) is 4.28. The predicted molar refractivity (Wildman–Crippen MR) is 112 cm³/mol. The number of nitrogens with two attached hydrogens (primary N) is 1. The minimum absolute atomic E-state index is 0.244. The van der Waals surface area contributed by atoms with E-state index >= 15 is 0 Å². The van der Waals surface area contributed by atoms with Crippen LogP contribution in [0, 0.1) is 18.7 Å². The Morgan fingerprint density at radius 1 is 1.20 bits per heavy atom. The lowest BCUT2D eigenvalue weighted by Crippen LogP contribution is -2.37. The summed E-state index contributed by atoms with van der Waals surface area (Å²) < 4.78 is 25.2. The van der Waals surface area contributed by atoms with Crippen molar-refractivity contribution in [2.24, 2.45) is 5.92 Å². The number of anilines is 1. The second-order valence-corrected chi connectivity index (χ2v) is 8.15. The van der Waals surface area contributed by atoms with Crippen molar-refractivity contribution in [3.8, 4) is 0 Å². The molecule has 2 fully saturated rings.